The van der Waals surface area contributed by atoms with Crippen molar-refractivity contribution in [2.24, 2.45) is 0 Å². The number of fused-ring (bicyclic) bond motifs is 1. The topological polar surface area (TPSA) is 110 Å². The molecule has 0 aliphatic rings. The summed E-state index contributed by atoms with van der Waals surface area (Å²) in [6.45, 7) is 9.16. The van der Waals surface area contributed by atoms with E-state index in [1.165, 1.54) is 36.5 Å². The third-order valence-electron chi connectivity index (χ3n) is 6.25. The summed E-state index contributed by atoms with van der Waals surface area (Å²) in [7, 11) is -3.61. The van der Waals surface area contributed by atoms with Gasteiger partial charge in [0.15, 0.2) is 11.3 Å². The number of pyridine rings is 3. The maximum atomic E-state index is 15.3. The second kappa shape index (κ2) is 11.5. The molecule has 8 nitrogen and oxygen atoms in total. The first-order valence-electron chi connectivity index (χ1n) is 12.4. The van der Waals surface area contributed by atoms with Crippen molar-refractivity contribution < 1.29 is 22.4 Å². The summed E-state index contributed by atoms with van der Waals surface area (Å²) >= 11 is 0. The maximum Gasteiger partial charge on any atom is 0.379 e. The number of aryl methyl sites for hydroxylation is 1. The van der Waals surface area contributed by atoms with Gasteiger partial charge in [-0.05, 0) is 70.5 Å². The quantitative estimate of drug-likeness (QED) is 0.234. The van der Waals surface area contributed by atoms with E-state index in [9.17, 15) is 14.2 Å². The van der Waals surface area contributed by atoms with E-state index in [4.69, 9.17) is 9.05 Å². The fourth-order valence-electron chi connectivity index (χ4n) is 4.19. The molecular formula is C28H28F2N5O3P. The monoisotopic (exact) mass is 551 g/mol. The maximum absolute atomic E-state index is 15.3. The van der Waals surface area contributed by atoms with Crippen LogP contribution in [0.15, 0.2) is 42.6 Å². The van der Waals surface area contributed by atoms with Crippen LogP contribution < -0.4 is 10.8 Å². The predicted molar refractivity (Wildman–Crippen MR) is 146 cm³/mol. The summed E-state index contributed by atoms with van der Waals surface area (Å²) in [5.41, 5.74) is 3.82. The molecule has 39 heavy (non-hydrogen) atoms. The van der Waals surface area contributed by atoms with Gasteiger partial charge in [-0.25, -0.2) is 18.7 Å². The lowest BCUT2D eigenvalue weighted by molar-refractivity contribution is 0.229. The van der Waals surface area contributed by atoms with Crippen molar-refractivity contribution in [3.8, 4) is 17.3 Å². The van der Waals surface area contributed by atoms with Gasteiger partial charge in [0.05, 0.1) is 42.1 Å². The lowest BCUT2D eigenvalue weighted by atomic mass is 10.0. The average Bonchev–Trinajstić information content (AvgIpc) is 2.91. The zero-order valence-electron chi connectivity index (χ0n) is 22.2. The Balaban J connectivity index is 1.79. The Hall–Kier alpha value is -3.77. The standard InChI is InChI=1S/C28H28F2N5O3P/c1-6-37-39(36,38-7-2)25-11-9-20(15-32-25)27-23(30)13-24-28(35-27)26(16(3)17(4)33-24)34-18(5)21-12-19(14-31)8-10-22(21)29/h8-13,15,18H,6-7H2,1-5H3,(H,33,34)/t18-/m1/s1. The smallest absolute Gasteiger partial charge is 0.376 e. The Bertz CT molecular complexity index is 1610. The van der Waals surface area contributed by atoms with E-state index in [1.807, 2.05) is 13.0 Å². The third-order valence-corrected chi connectivity index (χ3v) is 8.27. The second-order valence-electron chi connectivity index (χ2n) is 8.84. The van der Waals surface area contributed by atoms with E-state index in [0.717, 1.165) is 5.56 Å². The van der Waals surface area contributed by atoms with Crippen LogP contribution in [0.1, 0.15) is 49.2 Å². The molecule has 0 radical (unpaired) electrons. The van der Waals surface area contributed by atoms with Gasteiger partial charge in [-0.1, -0.05) is 0 Å². The minimum atomic E-state index is -3.61. The van der Waals surface area contributed by atoms with Crippen LogP contribution in [0.25, 0.3) is 22.3 Å². The molecular weight excluding hydrogens is 523 g/mol. The van der Waals surface area contributed by atoms with Gasteiger partial charge in [0.2, 0.25) is 0 Å². The summed E-state index contributed by atoms with van der Waals surface area (Å²) in [5.74, 6) is -1.07. The summed E-state index contributed by atoms with van der Waals surface area (Å²) in [5, 5.41) is 12.5. The molecule has 202 valence electrons. The van der Waals surface area contributed by atoms with Gasteiger partial charge in [-0.3, -0.25) is 9.55 Å². The first kappa shape index (κ1) is 28.2. The van der Waals surface area contributed by atoms with Crippen molar-refractivity contribution in [3.63, 3.8) is 0 Å². The van der Waals surface area contributed by atoms with E-state index in [-0.39, 0.29) is 24.3 Å². The Morgan fingerprint density at radius 1 is 1.05 bits per heavy atom. The highest BCUT2D eigenvalue weighted by Crippen LogP contribution is 2.46. The molecule has 1 N–H and O–H groups in total. The van der Waals surface area contributed by atoms with Gasteiger partial charge in [0.25, 0.3) is 0 Å². The fraction of sp³-hybridized carbons (Fsp3) is 0.286. The van der Waals surface area contributed by atoms with Crippen LogP contribution in [0.3, 0.4) is 0 Å². The van der Waals surface area contributed by atoms with Crippen LogP contribution in [0.5, 0.6) is 0 Å². The van der Waals surface area contributed by atoms with Gasteiger partial charge >= 0.3 is 7.60 Å². The van der Waals surface area contributed by atoms with Crippen molar-refractivity contribution in [3.05, 3.63) is 76.6 Å². The lowest BCUT2D eigenvalue weighted by Crippen LogP contribution is -2.14. The first-order chi connectivity index (χ1) is 18.6. The number of benzene rings is 1. The average molecular weight is 552 g/mol. The number of hydrogen-bond donors (Lipinski definition) is 1. The molecule has 1 atom stereocenters. The number of nitriles is 1. The molecule has 0 unspecified atom stereocenters. The van der Waals surface area contributed by atoms with Gasteiger partial charge < -0.3 is 14.4 Å². The Kier molecular flexibility index (Phi) is 8.36. The zero-order chi connectivity index (χ0) is 28.3. The minimum absolute atomic E-state index is 0.0163. The van der Waals surface area contributed by atoms with E-state index in [2.05, 4.69) is 20.3 Å². The Morgan fingerprint density at radius 3 is 2.38 bits per heavy atom. The molecule has 11 heteroatoms. The number of nitrogens with zero attached hydrogens (tertiary/aromatic N) is 4. The number of rotatable bonds is 9. The van der Waals surface area contributed by atoms with E-state index >= 15 is 4.39 Å². The number of nitrogens with one attached hydrogen (secondary N) is 1. The highest BCUT2D eigenvalue weighted by molar-refractivity contribution is 7.61. The molecule has 3 heterocycles. The number of halogens is 2. The molecule has 0 saturated heterocycles. The minimum Gasteiger partial charge on any atom is -0.376 e. The van der Waals surface area contributed by atoms with Crippen LogP contribution >= 0.6 is 7.60 Å². The van der Waals surface area contributed by atoms with Crippen molar-refractivity contribution in [1.82, 2.24) is 15.0 Å². The van der Waals surface area contributed by atoms with Crippen molar-refractivity contribution in [2.45, 2.75) is 40.7 Å². The zero-order valence-corrected chi connectivity index (χ0v) is 23.1. The van der Waals surface area contributed by atoms with Crippen molar-refractivity contribution in [1.29, 1.82) is 5.26 Å². The summed E-state index contributed by atoms with van der Waals surface area (Å²) in [6, 6.07) is 9.97. The van der Waals surface area contributed by atoms with Crippen LogP contribution in [0.4, 0.5) is 14.5 Å². The van der Waals surface area contributed by atoms with Gasteiger partial charge in [-0.15, -0.1) is 0 Å². The molecule has 3 aromatic heterocycles. The molecule has 0 fully saturated rings. The summed E-state index contributed by atoms with van der Waals surface area (Å²) in [6.07, 6.45) is 1.37. The largest absolute Gasteiger partial charge is 0.379 e. The SMILES string of the molecule is CCOP(=O)(OCC)c1ccc(-c2nc3c(N[C@H](C)c4cc(C#N)ccc4F)c(C)c(C)nc3cc2F)cn1. The fourth-order valence-corrected chi connectivity index (χ4v) is 5.66. The van der Waals surface area contributed by atoms with Crippen molar-refractivity contribution >= 4 is 29.8 Å². The van der Waals surface area contributed by atoms with Crippen molar-refractivity contribution in [2.75, 3.05) is 18.5 Å². The van der Waals surface area contributed by atoms with Gasteiger partial charge in [0.1, 0.15) is 17.0 Å². The molecule has 0 saturated carbocycles. The van der Waals surface area contributed by atoms with Crippen LogP contribution in [-0.4, -0.2) is 28.2 Å². The highest BCUT2D eigenvalue weighted by Gasteiger charge is 2.28. The summed E-state index contributed by atoms with van der Waals surface area (Å²) < 4.78 is 53.6. The lowest BCUT2D eigenvalue weighted by Gasteiger charge is -2.21. The molecule has 0 amide bonds. The van der Waals surface area contributed by atoms with E-state index in [0.29, 0.717) is 39.1 Å². The van der Waals surface area contributed by atoms with E-state index in [1.54, 1.807) is 33.8 Å². The highest BCUT2D eigenvalue weighted by atomic mass is 31.2. The molecule has 0 aliphatic heterocycles. The number of aromatic nitrogens is 3. The molecule has 1 aromatic carbocycles. The molecule has 0 spiro atoms. The number of hydrogen-bond acceptors (Lipinski definition) is 8. The predicted octanol–water partition coefficient (Wildman–Crippen LogP) is 6.52. The van der Waals surface area contributed by atoms with Gasteiger partial charge in [-0.2, -0.15) is 5.26 Å². The van der Waals surface area contributed by atoms with E-state index < -0.39 is 25.3 Å². The Morgan fingerprint density at radius 2 is 1.77 bits per heavy atom. The van der Waals surface area contributed by atoms with Crippen LogP contribution in [-0.2, 0) is 13.6 Å². The molecule has 4 aromatic rings. The normalized spacial score (nSPS) is 12.4. The first-order valence-corrected chi connectivity index (χ1v) is 14.0. The third kappa shape index (κ3) is 5.66. The van der Waals surface area contributed by atoms with Crippen LogP contribution in [0, 0.1) is 36.8 Å². The summed E-state index contributed by atoms with van der Waals surface area (Å²) in [4.78, 5) is 13.3. The van der Waals surface area contributed by atoms with Gasteiger partial charge in [0, 0.05) is 29.1 Å². The van der Waals surface area contributed by atoms with Crippen LogP contribution in [0.2, 0.25) is 0 Å². The number of anilines is 1. The second-order valence-corrected chi connectivity index (χ2v) is 10.8. The molecule has 0 aliphatic carbocycles. The molecule has 4 rings (SSSR count). The molecule has 0 bridgehead atoms. The Labute approximate surface area is 225 Å².